The minimum absolute atomic E-state index is 0.217. The average molecular weight is 641 g/mol. The predicted octanol–water partition coefficient (Wildman–Crippen LogP) is 7.08. The zero-order valence-electron chi connectivity index (χ0n) is 28.7. The van der Waals surface area contributed by atoms with Crippen LogP contribution in [-0.4, -0.2) is 60.6 Å². The highest BCUT2D eigenvalue weighted by Gasteiger charge is 2.51. The first-order chi connectivity index (χ1) is 23.5. The molecule has 7 rings (SSSR count). The van der Waals surface area contributed by atoms with Crippen LogP contribution in [0.5, 0.6) is 0 Å². The van der Waals surface area contributed by atoms with Crippen molar-refractivity contribution < 1.29 is 0 Å². The van der Waals surface area contributed by atoms with Crippen molar-refractivity contribution in [3.05, 3.63) is 102 Å². The van der Waals surface area contributed by atoms with Crippen molar-refractivity contribution in [1.82, 2.24) is 34.4 Å². The summed E-state index contributed by atoms with van der Waals surface area (Å²) in [4.78, 5) is 27.4. The number of rotatable bonds is 7. The third-order valence-corrected chi connectivity index (χ3v) is 8.37. The SMILES string of the molecule is C/C=C\C(=C/C)c1ccc2nc(-c3cccnc3N)n(-c3ccc(CN4CC5(C4)CN(c4ccnc(C#N)n4)C5)cc3)c2n1.CC.CC. The molecule has 2 saturated heterocycles. The maximum Gasteiger partial charge on any atom is 0.234 e. The van der Waals surface area contributed by atoms with Gasteiger partial charge in [-0.1, -0.05) is 58.1 Å². The van der Waals surface area contributed by atoms with Gasteiger partial charge in [0.2, 0.25) is 5.82 Å². The normalized spacial score (nSPS) is 15.2. The molecule has 246 valence electrons. The van der Waals surface area contributed by atoms with Gasteiger partial charge in [-0.15, -0.1) is 0 Å². The van der Waals surface area contributed by atoms with Crippen molar-refractivity contribution in [2.45, 2.75) is 48.1 Å². The number of nitriles is 1. The number of imidazole rings is 1. The lowest BCUT2D eigenvalue weighted by Crippen LogP contribution is -2.72. The first kappa shape index (κ1) is 33.9. The second-order valence-electron chi connectivity index (χ2n) is 11.5. The smallest absolute Gasteiger partial charge is 0.234 e. The quantitative estimate of drug-likeness (QED) is 0.186. The number of nitrogens with zero attached hydrogens (tertiary/aromatic N) is 9. The van der Waals surface area contributed by atoms with Gasteiger partial charge in [0, 0.05) is 56.2 Å². The molecule has 5 aromatic rings. The summed E-state index contributed by atoms with van der Waals surface area (Å²) < 4.78 is 2.07. The highest BCUT2D eigenvalue weighted by atomic mass is 15.3. The Bertz CT molecular complexity index is 1950. The van der Waals surface area contributed by atoms with E-state index in [0.717, 1.165) is 72.2 Å². The molecule has 2 aliphatic heterocycles. The van der Waals surface area contributed by atoms with Gasteiger partial charge < -0.3 is 10.6 Å². The van der Waals surface area contributed by atoms with Gasteiger partial charge in [0.1, 0.15) is 23.2 Å². The molecule has 10 heteroatoms. The van der Waals surface area contributed by atoms with Crippen molar-refractivity contribution in [2.24, 2.45) is 5.41 Å². The fourth-order valence-corrected chi connectivity index (χ4v) is 6.39. The van der Waals surface area contributed by atoms with Gasteiger partial charge in [0.05, 0.1) is 11.3 Å². The number of allylic oxidation sites excluding steroid dienone is 4. The summed E-state index contributed by atoms with van der Waals surface area (Å²) in [5, 5.41) is 9.10. The van der Waals surface area contributed by atoms with E-state index < -0.39 is 0 Å². The molecule has 48 heavy (non-hydrogen) atoms. The Balaban J connectivity index is 0.00000109. The molecule has 0 unspecified atom stereocenters. The average Bonchev–Trinajstić information content (AvgIpc) is 3.48. The third kappa shape index (κ3) is 6.68. The van der Waals surface area contributed by atoms with Crippen molar-refractivity contribution in [2.75, 3.05) is 36.8 Å². The van der Waals surface area contributed by atoms with Gasteiger partial charge in [0.15, 0.2) is 11.5 Å². The second-order valence-corrected chi connectivity index (χ2v) is 11.5. The zero-order chi connectivity index (χ0) is 34.3. The summed E-state index contributed by atoms with van der Waals surface area (Å²) in [6.45, 7) is 16.9. The van der Waals surface area contributed by atoms with Crippen LogP contribution < -0.4 is 10.6 Å². The van der Waals surface area contributed by atoms with Crippen LogP contribution in [-0.2, 0) is 6.54 Å². The van der Waals surface area contributed by atoms with Crippen LogP contribution >= 0.6 is 0 Å². The van der Waals surface area contributed by atoms with Crippen molar-refractivity contribution >= 4 is 28.4 Å². The molecule has 2 fully saturated rings. The Morgan fingerprint density at radius 3 is 2.31 bits per heavy atom. The van der Waals surface area contributed by atoms with Gasteiger partial charge in [-0.25, -0.2) is 24.9 Å². The first-order valence-corrected chi connectivity index (χ1v) is 16.7. The number of fused-ring (bicyclic) bond motifs is 1. The Morgan fingerprint density at radius 2 is 1.65 bits per heavy atom. The summed E-state index contributed by atoms with van der Waals surface area (Å²) in [6, 6.07) is 20.4. The predicted molar refractivity (Wildman–Crippen MR) is 194 cm³/mol. The van der Waals surface area contributed by atoms with E-state index in [1.807, 2.05) is 84.0 Å². The molecule has 2 aliphatic rings. The van der Waals surface area contributed by atoms with Crippen LogP contribution in [0.25, 0.3) is 33.8 Å². The standard InChI is InChI=1S/C34H32N10.2C2H6/c1-3-6-24(4-2)27-12-13-28-33(39-27)44(32(40-28)26-7-5-15-38-31(26)36)25-10-8-23(9-11-25)18-42-19-34(20-42)21-43(22-34)30-14-16-37-29(17-35)41-30;2*1-2/h3-16H,18-22H2,1-2H3,(H2,36,38);2*1-2H3/b6-3-,24-4+;;. The lowest BCUT2D eigenvalue weighted by atomic mass is 9.72. The molecule has 0 amide bonds. The molecule has 0 bridgehead atoms. The van der Waals surface area contributed by atoms with Crippen molar-refractivity contribution in [3.63, 3.8) is 0 Å². The summed E-state index contributed by atoms with van der Waals surface area (Å²) in [5.74, 6) is 2.19. The minimum atomic E-state index is 0.217. The maximum atomic E-state index is 9.10. The number of hydrogen-bond acceptors (Lipinski definition) is 9. The van der Waals surface area contributed by atoms with Crippen molar-refractivity contribution in [3.8, 4) is 23.1 Å². The third-order valence-electron chi connectivity index (χ3n) is 8.37. The summed E-state index contributed by atoms with van der Waals surface area (Å²) in [7, 11) is 0. The number of nitrogens with two attached hydrogens (primary N) is 1. The number of pyridine rings is 2. The molecule has 2 N–H and O–H groups in total. The van der Waals surface area contributed by atoms with E-state index in [2.05, 4.69) is 65.7 Å². The number of nitrogen functional groups attached to an aromatic ring is 1. The Hall–Kier alpha value is -5.40. The molecule has 1 aromatic carbocycles. The summed E-state index contributed by atoms with van der Waals surface area (Å²) in [5.41, 5.74) is 13.1. The molecule has 0 radical (unpaired) electrons. The van der Waals surface area contributed by atoms with Crippen LogP contribution in [0, 0.1) is 16.7 Å². The van der Waals surface area contributed by atoms with E-state index in [0.29, 0.717) is 17.1 Å². The molecular weight excluding hydrogens is 596 g/mol. The van der Waals surface area contributed by atoms with Gasteiger partial charge in [-0.2, -0.15) is 5.26 Å². The van der Waals surface area contributed by atoms with E-state index in [9.17, 15) is 0 Å². The maximum absolute atomic E-state index is 9.10. The first-order valence-electron chi connectivity index (χ1n) is 16.7. The minimum Gasteiger partial charge on any atom is -0.383 e. The molecule has 1 spiro atoms. The highest BCUT2D eigenvalue weighted by Crippen LogP contribution is 2.42. The number of benzene rings is 1. The van der Waals surface area contributed by atoms with E-state index in [1.165, 1.54) is 5.56 Å². The van der Waals surface area contributed by atoms with E-state index >= 15 is 0 Å². The molecule has 0 atom stereocenters. The number of likely N-dealkylation sites (tertiary alicyclic amines) is 1. The van der Waals surface area contributed by atoms with Crippen LogP contribution in [0.3, 0.4) is 0 Å². The number of anilines is 2. The summed E-state index contributed by atoms with van der Waals surface area (Å²) >= 11 is 0. The van der Waals surface area contributed by atoms with E-state index in [1.54, 1.807) is 12.4 Å². The molecule has 4 aromatic heterocycles. The molecule has 0 saturated carbocycles. The Kier molecular flexibility index (Phi) is 10.6. The van der Waals surface area contributed by atoms with Gasteiger partial charge >= 0.3 is 0 Å². The topological polar surface area (TPSA) is 126 Å². The van der Waals surface area contributed by atoms with Gasteiger partial charge in [-0.05, 0) is 67.4 Å². The van der Waals surface area contributed by atoms with Gasteiger partial charge in [0.25, 0.3) is 0 Å². The number of aromatic nitrogens is 6. The van der Waals surface area contributed by atoms with Crippen LogP contribution in [0.4, 0.5) is 11.6 Å². The van der Waals surface area contributed by atoms with Crippen molar-refractivity contribution in [1.29, 1.82) is 5.26 Å². The zero-order valence-corrected chi connectivity index (χ0v) is 28.7. The van der Waals surface area contributed by atoms with Gasteiger partial charge in [-0.3, -0.25) is 9.47 Å². The summed E-state index contributed by atoms with van der Waals surface area (Å²) in [6.07, 6.45) is 9.48. The lowest BCUT2D eigenvalue weighted by Gasteiger charge is -2.60. The molecular formula is C38H44N10. The van der Waals surface area contributed by atoms with E-state index in [4.69, 9.17) is 21.0 Å². The fraction of sp³-hybridized carbons (Fsp3) is 0.316. The fourth-order valence-electron chi connectivity index (χ4n) is 6.39. The molecule has 0 aliphatic carbocycles. The highest BCUT2D eigenvalue weighted by molar-refractivity contribution is 5.85. The molecule has 6 heterocycles. The Morgan fingerprint density at radius 1 is 0.896 bits per heavy atom. The second kappa shape index (κ2) is 15.0. The lowest BCUT2D eigenvalue weighted by molar-refractivity contribution is -0.0276. The Labute approximate surface area is 283 Å². The monoisotopic (exact) mass is 640 g/mol. The van der Waals surface area contributed by atoms with Crippen LogP contribution in [0.1, 0.15) is 58.6 Å². The van der Waals surface area contributed by atoms with Crippen LogP contribution in [0.2, 0.25) is 0 Å². The molecule has 10 nitrogen and oxygen atoms in total. The largest absolute Gasteiger partial charge is 0.383 e. The van der Waals surface area contributed by atoms with Crippen LogP contribution in [0.15, 0.2) is 85.2 Å². The van der Waals surface area contributed by atoms with E-state index in [-0.39, 0.29) is 5.82 Å². The number of hydrogen-bond donors (Lipinski definition) is 1.